The highest BCUT2D eigenvalue weighted by Gasteiger charge is 2.93. The molecule has 1 aromatic rings. The first-order chi connectivity index (χ1) is 10.5. The Morgan fingerprint density at radius 3 is 2.45 bits per heavy atom. The number of nitrogens with zero attached hydrogens (tertiary/aromatic N) is 3. The minimum atomic E-state index is -1.60. The largest absolute Gasteiger partial charge is 0.386 e. The number of rotatable bonds is 3. The monoisotopic (exact) mass is 316 g/mol. The lowest BCUT2D eigenvalue weighted by atomic mass is 9.93. The molecule has 0 amide bonds. The van der Waals surface area contributed by atoms with Gasteiger partial charge < -0.3 is 15.2 Å². The van der Waals surface area contributed by atoms with E-state index in [2.05, 4.69) is 17.1 Å². The Kier molecular flexibility index (Phi) is 2.99. The van der Waals surface area contributed by atoms with E-state index in [1.54, 1.807) is 24.3 Å². The zero-order chi connectivity index (χ0) is 16.2. The summed E-state index contributed by atoms with van der Waals surface area (Å²) < 4.78 is 10.8. The van der Waals surface area contributed by atoms with Crippen molar-refractivity contribution in [3.8, 4) is 12.1 Å². The molecule has 0 bridgehead atoms. The summed E-state index contributed by atoms with van der Waals surface area (Å²) in [5.41, 5.74) is 4.11. The van der Waals surface area contributed by atoms with E-state index in [9.17, 15) is 10.5 Å². The topological polar surface area (TPSA) is 104 Å². The molecule has 0 radical (unpaired) electrons. The van der Waals surface area contributed by atoms with E-state index in [4.69, 9.17) is 26.8 Å². The minimum Gasteiger partial charge on any atom is -0.386 e. The van der Waals surface area contributed by atoms with E-state index in [0.29, 0.717) is 5.02 Å². The second-order valence-corrected chi connectivity index (χ2v) is 5.75. The van der Waals surface area contributed by atoms with Crippen LogP contribution in [-0.2, 0) is 9.47 Å². The molecule has 1 aromatic carbocycles. The summed E-state index contributed by atoms with van der Waals surface area (Å²) in [5.74, 6) is -2.08. The minimum absolute atomic E-state index is 0.0465. The molecule has 0 aromatic heterocycles. The van der Waals surface area contributed by atoms with Gasteiger partial charge in [-0.1, -0.05) is 23.7 Å². The van der Waals surface area contributed by atoms with Crippen molar-refractivity contribution in [3.63, 3.8) is 0 Å². The third-order valence-electron chi connectivity index (χ3n) is 4.66. The van der Waals surface area contributed by atoms with Crippen LogP contribution in [0, 0.1) is 33.5 Å². The van der Waals surface area contributed by atoms with Crippen LogP contribution in [0.2, 0.25) is 5.02 Å². The summed E-state index contributed by atoms with van der Waals surface area (Å²) in [6, 6.07) is 11.4. The van der Waals surface area contributed by atoms with E-state index >= 15 is 0 Å². The first-order valence-electron chi connectivity index (χ1n) is 6.53. The number of amidine groups is 1. The van der Waals surface area contributed by atoms with Gasteiger partial charge in [0.05, 0.1) is 12.1 Å². The standard InChI is InChI=1S/C15H13ClN4O2/c1-21-15(22-2)14(8-18)11(9-4-3-5-10(16)6-9)13(14,7-17)12(19)20-15/h3-6,11H,1-2H3,(H2,19,20)/t11-,13+,14-/m0/s1. The molecule has 112 valence electrons. The van der Waals surface area contributed by atoms with Crippen LogP contribution >= 0.6 is 11.6 Å². The summed E-state index contributed by atoms with van der Waals surface area (Å²) in [7, 11) is 2.75. The zero-order valence-corrected chi connectivity index (χ0v) is 12.8. The molecule has 0 spiro atoms. The lowest BCUT2D eigenvalue weighted by molar-refractivity contribution is -0.230. The van der Waals surface area contributed by atoms with Crippen molar-refractivity contribution >= 4 is 17.4 Å². The predicted molar refractivity (Wildman–Crippen MR) is 78.7 cm³/mol. The molecule has 1 aliphatic carbocycles. The van der Waals surface area contributed by atoms with Crippen LogP contribution in [0.4, 0.5) is 0 Å². The summed E-state index contributed by atoms with van der Waals surface area (Å²) in [6.07, 6.45) is 0. The number of halogens is 1. The summed E-state index contributed by atoms with van der Waals surface area (Å²) in [6.45, 7) is 0. The van der Waals surface area contributed by atoms with Gasteiger partial charge in [-0.25, -0.2) is 4.99 Å². The maximum Gasteiger partial charge on any atom is 0.292 e. The van der Waals surface area contributed by atoms with Crippen molar-refractivity contribution in [2.45, 2.75) is 11.8 Å². The normalized spacial score (nSPS) is 34.2. The third-order valence-corrected chi connectivity index (χ3v) is 4.90. The Bertz CT molecular complexity index is 762. The fraction of sp³-hybridized carbons (Fsp3) is 0.400. The fourth-order valence-corrected chi connectivity index (χ4v) is 3.91. The average Bonchev–Trinajstić information content (AvgIpc) is 3.11. The van der Waals surface area contributed by atoms with Crippen molar-refractivity contribution in [1.82, 2.24) is 0 Å². The van der Waals surface area contributed by atoms with E-state index in [1.165, 1.54) is 14.2 Å². The zero-order valence-electron chi connectivity index (χ0n) is 12.0. The SMILES string of the molecule is COC1(OC)N=C(N)[C@@]2(C#N)[C@H](c3cccc(Cl)c3)[C@]12C#N. The molecule has 1 aliphatic heterocycles. The molecule has 7 heteroatoms. The van der Waals surface area contributed by atoms with E-state index in [1.807, 2.05) is 0 Å². The summed E-state index contributed by atoms with van der Waals surface area (Å²) in [4.78, 5) is 4.14. The predicted octanol–water partition coefficient (Wildman–Crippen LogP) is 1.77. The van der Waals surface area contributed by atoms with Crippen molar-refractivity contribution in [3.05, 3.63) is 34.9 Å². The first-order valence-corrected chi connectivity index (χ1v) is 6.91. The van der Waals surface area contributed by atoms with Gasteiger partial charge in [0.2, 0.25) is 0 Å². The number of benzene rings is 1. The Morgan fingerprint density at radius 1 is 1.27 bits per heavy atom. The van der Waals surface area contributed by atoms with Gasteiger partial charge in [0, 0.05) is 25.2 Å². The van der Waals surface area contributed by atoms with Crippen molar-refractivity contribution in [2.75, 3.05) is 14.2 Å². The maximum absolute atomic E-state index is 9.86. The molecule has 3 atom stereocenters. The highest BCUT2D eigenvalue weighted by Crippen LogP contribution is 2.81. The van der Waals surface area contributed by atoms with Crippen LogP contribution < -0.4 is 5.73 Å². The average molecular weight is 317 g/mol. The van der Waals surface area contributed by atoms with Gasteiger partial charge in [-0.15, -0.1) is 0 Å². The van der Waals surface area contributed by atoms with Gasteiger partial charge >= 0.3 is 0 Å². The lowest BCUT2D eigenvalue weighted by Gasteiger charge is -2.29. The number of nitriles is 2. The number of fused-ring (bicyclic) bond motifs is 1. The molecule has 3 rings (SSSR count). The fourth-order valence-electron chi connectivity index (χ4n) is 3.71. The lowest BCUT2D eigenvalue weighted by Crippen LogP contribution is -2.41. The molecule has 6 nitrogen and oxygen atoms in total. The maximum atomic E-state index is 9.86. The molecule has 1 fully saturated rings. The van der Waals surface area contributed by atoms with E-state index < -0.39 is 22.7 Å². The second-order valence-electron chi connectivity index (χ2n) is 5.31. The highest BCUT2D eigenvalue weighted by atomic mass is 35.5. The Balaban J connectivity index is 2.26. The molecular formula is C15H13ClN4O2. The van der Waals surface area contributed by atoms with Gasteiger partial charge in [-0.2, -0.15) is 10.5 Å². The second kappa shape index (κ2) is 4.44. The molecule has 0 unspecified atom stereocenters. The number of aliphatic imine (C=N–C) groups is 1. The Hall–Kier alpha value is -2.12. The number of ether oxygens (including phenoxy) is 2. The molecule has 1 heterocycles. The van der Waals surface area contributed by atoms with Crippen LogP contribution in [0.5, 0.6) is 0 Å². The van der Waals surface area contributed by atoms with E-state index in [0.717, 1.165) is 5.56 Å². The third kappa shape index (κ3) is 1.29. The van der Waals surface area contributed by atoms with Crippen LogP contribution in [-0.4, -0.2) is 26.0 Å². The molecule has 2 aliphatic rings. The summed E-state index contributed by atoms with van der Waals surface area (Å²) in [5, 5.41) is 20.1. The van der Waals surface area contributed by atoms with Gasteiger partial charge in [-0.05, 0) is 17.7 Å². The van der Waals surface area contributed by atoms with Crippen LogP contribution in [0.25, 0.3) is 0 Å². The quantitative estimate of drug-likeness (QED) is 0.856. The van der Waals surface area contributed by atoms with Crippen molar-refractivity contribution < 1.29 is 9.47 Å². The first kappa shape index (κ1) is 14.8. The van der Waals surface area contributed by atoms with Crippen molar-refractivity contribution in [2.24, 2.45) is 21.6 Å². The van der Waals surface area contributed by atoms with E-state index in [-0.39, 0.29) is 5.84 Å². The van der Waals surface area contributed by atoms with Gasteiger partial charge in [0.1, 0.15) is 11.3 Å². The van der Waals surface area contributed by atoms with Gasteiger partial charge in [-0.3, -0.25) is 0 Å². The van der Waals surface area contributed by atoms with Crippen LogP contribution in [0.3, 0.4) is 0 Å². The smallest absolute Gasteiger partial charge is 0.292 e. The van der Waals surface area contributed by atoms with Gasteiger partial charge in [0.25, 0.3) is 5.91 Å². The van der Waals surface area contributed by atoms with Crippen LogP contribution in [0.15, 0.2) is 29.3 Å². The molecule has 2 N–H and O–H groups in total. The summed E-state index contributed by atoms with van der Waals surface area (Å²) >= 11 is 6.04. The Labute approximate surface area is 132 Å². The highest BCUT2D eigenvalue weighted by molar-refractivity contribution is 6.30. The number of hydrogen-bond donors (Lipinski definition) is 1. The molecule has 22 heavy (non-hydrogen) atoms. The molecular weight excluding hydrogens is 304 g/mol. The number of methoxy groups -OCH3 is 2. The van der Waals surface area contributed by atoms with Gasteiger partial charge in [0.15, 0.2) is 5.41 Å². The Morgan fingerprint density at radius 2 is 1.95 bits per heavy atom. The van der Waals surface area contributed by atoms with Crippen molar-refractivity contribution in [1.29, 1.82) is 10.5 Å². The van der Waals surface area contributed by atoms with Crippen LogP contribution in [0.1, 0.15) is 11.5 Å². The number of hydrogen-bond acceptors (Lipinski definition) is 6. The molecule has 0 saturated heterocycles. The molecule has 1 saturated carbocycles. The number of nitrogens with two attached hydrogens (primary N) is 1.